The summed E-state index contributed by atoms with van der Waals surface area (Å²) in [5.41, 5.74) is 2.97. The van der Waals surface area contributed by atoms with Crippen LogP contribution in [0.15, 0.2) is 42.5 Å². The minimum absolute atomic E-state index is 0.103. The number of aryl methyl sites for hydroxylation is 1. The summed E-state index contributed by atoms with van der Waals surface area (Å²) in [7, 11) is 0. The molecule has 0 spiro atoms. The topological polar surface area (TPSA) is 75.4 Å². The predicted octanol–water partition coefficient (Wildman–Crippen LogP) is 3.26. The molecule has 0 atom stereocenters. The second-order valence-electron chi connectivity index (χ2n) is 4.60. The number of nitrogens with zero attached hydrogens (tertiary/aromatic N) is 1. The lowest BCUT2D eigenvalue weighted by atomic mass is 10.1. The average molecular weight is 272 g/mol. The van der Waals surface area contributed by atoms with Gasteiger partial charge in [-0.05, 0) is 42.7 Å². The molecule has 0 saturated carbocycles. The summed E-state index contributed by atoms with van der Waals surface area (Å²) in [6.45, 7) is 2.57. The number of nitro benzene ring substituents is 1. The first-order valence-corrected chi connectivity index (χ1v) is 6.33. The highest BCUT2D eigenvalue weighted by Gasteiger charge is 2.07. The highest BCUT2D eigenvalue weighted by atomic mass is 16.6. The van der Waals surface area contributed by atoms with Crippen molar-refractivity contribution in [1.82, 2.24) is 0 Å². The van der Waals surface area contributed by atoms with Crippen molar-refractivity contribution < 1.29 is 10.0 Å². The van der Waals surface area contributed by atoms with Crippen LogP contribution in [0.1, 0.15) is 11.1 Å². The number of rotatable bonds is 5. The van der Waals surface area contributed by atoms with Gasteiger partial charge in [0.1, 0.15) is 5.75 Å². The molecular weight excluding hydrogens is 256 g/mol. The van der Waals surface area contributed by atoms with Crippen LogP contribution in [0.5, 0.6) is 5.75 Å². The predicted molar refractivity (Wildman–Crippen MR) is 78.1 cm³/mol. The molecule has 2 N–H and O–H groups in total. The van der Waals surface area contributed by atoms with Gasteiger partial charge in [-0.1, -0.05) is 12.1 Å². The van der Waals surface area contributed by atoms with E-state index in [1.54, 1.807) is 24.3 Å². The molecular formula is C15H16N2O3. The van der Waals surface area contributed by atoms with Crippen LogP contribution in [-0.2, 0) is 6.42 Å². The molecule has 0 aliphatic carbocycles. The lowest BCUT2D eigenvalue weighted by molar-refractivity contribution is -0.384. The zero-order chi connectivity index (χ0) is 14.5. The number of phenols is 1. The number of nitrogens with one attached hydrogen (secondary N) is 1. The first-order valence-electron chi connectivity index (χ1n) is 6.33. The van der Waals surface area contributed by atoms with Gasteiger partial charge in [0.25, 0.3) is 5.69 Å². The standard InChI is InChI=1S/C15H16N2O3/c1-11-10-13(17(19)20)4-7-15(11)16-9-8-12-2-5-14(18)6-3-12/h2-7,10,16,18H,8-9H2,1H3. The molecule has 2 rings (SSSR count). The minimum Gasteiger partial charge on any atom is -0.508 e. The summed E-state index contributed by atoms with van der Waals surface area (Å²) < 4.78 is 0. The van der Waals surface area contributed by atoms with Gasteiger partial charge in [-0.3, -0.25) is 10.1 Å². The highest BCUT2D eigenvalue weighted by molar-refractivity contribution is 5.55. The van der Waals surface area contributed by atoms with Gasteiger partial charge in [0.2, 0.25) is 0 Å². The average Bonchev–Trinajstić information content (AvgIpc) is 2.42. The molecule has 0 aliphatic heterocycles. The number of anilines is 1. The zero-order valence-corrected chi connectivity index (χ0v) is 11.2. The molecule has 2 aromatic carbocycles. The van der Waals surface area contributed by atoms with Crippen LogP contribution in [0.2, 0.25) is 0 Å². The van der Waals surface area contributed by atoms with Crippen molar-refractivity contribution in [2.24, 2.45) is 0 Å². The van der Waals surface area contributed by atoms with Gasteiger partial charge in [-0.2, -0.15) is 0 Å². The van der Waals surface area contributed by atoms with Gasteiger partial charge in [-0.15, -0.1) is 0 Å². The second kappa shape index (κ2) is 6.06. The maximum absolute atomic E-state index is 10.7. The number of hydrogen-bond acceptors (Lipinski definition) is 4. The molecule has 5 heteroatoms. The minimum atomic E-state index is -0.396. The van der Waals surface area contributed by atoms with Crippen molar-refractivity contribution in [2.45, 2.75) is 13.3 Å². The van der Waals surface area contributed by atoms with Gasteiger partial charge >= 0.3 is 0 Å². The Balaban J connectivity index is 1.94. The van der Waals surface area contributed by atoms with E-state index < -0.39 is 4.92 Å². The van der Waals surface area contributed by atoms with E-state index in [9.17, 15) is 15.2 Å². The molecule has 0 aromatic heterocycles. The van der Waals surface area contributed by atoms with Crippen molar-refractivity contribution in [3.63, 3.8) is 0 Å². The first-order chi connectivity index (χ1) is 9.56. The highest BCUT2D eigenvalue weighted by Crippen LogP contribution is 2.21. The van der Waals surface area contributed by atoms with Crippen LogP contribution < -0.4 is 5.32 Å². The summed E-state index contributed by atoms with van der Waals surface area (Å²) >= 11 is 0. The van der Waals surface area contributed by atoms with Crippen molar-refractivity contribution >= 4 is 11.4 Å². The quantitative estimate of drug-likeness (QED) is 0.647. The number of aromatic hydroxyl groups is 1. The van der Waals surface area contributed by atoms with E-state index in [2.05, 4.69) is 5.32 Å². The third kappa shape index (κ3) is 3.47. The Morgan fingerprint density at radius 2 is 1.90 bits per heavy atom. The summed E-state index contributed by atoms with van der Waals surface area (Å²) in [6.07, 6.45) is 0.816. The van der Waals surface area contributed by atoms with Gasteiger partial charge in [0.15, 0.2) is 0 Å². The molecule has 0 unspecified atom stereocenters. The SMILES string of the molecule is Cc1cc([N+](=O)[O-])ccc1NCCc1ccc(O)cc1. The Hall–Kier alpha value is -2.56. The summed E-state index contributed by atoms with van der Waals surface area (Å²) in [5.74, 6) is 0.257. The van der Waals surface area contributed by atoms with E-state index in [-0.39, 0.29) is 11.4 Å². The van der Waals surface area contributed by atoms with E-state index >= 15 is 0 Å². The van der Waals surface area contributed by atoms with Crippen LogP contribution in [0.25, 0.3) is 0 Å². The van der Waals surface area contributed by atoms with Crippen LogP contribution in [0.3, 0.4) is 0 Å². The molecule has 0 heterocycles. The van der Waals surface area contributed by atoms with E-state index in [4.69, 9.17) is 0 Å². The third-order valence-electron chi connectivity index (χ3n) is 3.09. The largest absolute Gasteiger partial charge is 0.508 e. The molecule has 5 nitrogen and oxygen atoms in total. The van der Waals surface area contributed by atoms with Crippen LogP contribution in [-0.4, -0.2) is 16.6 Å². The van der Waals surface area contributed by atoms with E-state index in [1.807, 2.05) is 19.1 Å². The molecule has 0 saturated heterocycles. The molecule has 0 radical (unpaired) electrons. The Morgan fingerprint density at radius 1 is 1.20 bits per heavy atom. The summed E-state index contributed by atoms with van der Waals surface area (Å²) in [6, 6.07) is 11.8. The molecule has 104 valence electrons. The van der Waals surface area contributed by atoms with E-state index in [0.29, 0.717) is 0 Å². The van der Waals surface area contributed by atoms with Crippen LogP contribution >= 0.6 is 0 Å². The Morgan fingerprint density at radius 3 is 2.50 bits per heavy atom. The monoisotopic (exact) mass is 272 g/mol. The smallest absolute Gasteiger partial charge is 0.269 e. The summed E-state index contributed by atoms with van der Waals surface area (Å²) in [5, 5.41) is 23.1. The number of hydrogen-bond donors (Lipinski definition) is 2. The third-order valence-corrected chi connectivity index (χ3v) is 3.09. The number of non-ortho nitro benzene ring substituents is 1. The van der Waals surface area contributed by atoms with Gasteiger partial charge in [0.05, 0.1) is 4.92 Å². The molecule has 2 aromatic rings. The number of benzene rings is 2. The molecule has 20 heavy (non-hydrogen) atoms. The van der Waals surface area contributed by atoms with Gasteiger partial charge < -0.3 is 10.4 Å². The maximum Gasteiger partial charge on any atom is 0.269 e. The lowest BCUT2D eigenvalue weighted by Crippen LogP contribution is -2.06. The second-order valence-corrected chi connectivity index (χ2v) is 4.60. The summed E-state index contributed by atoms with van der Waals surface area (Å²) in [4.78, 5) is 10.3. The van der Waals surface area contributed by atoms with Crippen molar-refractivity contribution in [3.8, 4) is 5.75 Å². The Kier molecular flexibility index (Phi) is 4.20. The molecule has 0 bridgehead atoms. The molecule has 0 aliphatic rings. The van der Waals surface area contributed by atoms with Gasteiger partial charge in [0, 0.05) is 24.4 Å². The fourth-order valence-corrected chi connectivity index (χ4v) is 1.96. The van der Waals surface area contributed by atoms with Crippen LogP contribution in [0, 0.1) is 17.0 Å². The van der Waals surface area contributed by atoms with Gasteiger partial charge in [-0.25, -0.2) is 0 Å². The number of phenolic OH excluding ortho intramolecular Hbond substituents is 1. The molecule has 0 amide bonds. The maximum atomic E-state index is 10.7. The zero-order valence-electron chi connectivity index (χ0n) is 11.2. The fourth-order valence-electron chi connectivity index (χ4n) is 1.96. The van der Waals surface area contributed by atoms with E-state index in [0.717, 1.165) is 29.8 Å². The lowest BCUT2D eigenvalue weighted by Gasteiger charge is -2.09. The Bertz CT molecular complexity index is 609. The van der Waals surface area contributed by atoms with Crippen molar-refractivity contribution in [1.29, 1.82) is 0 Å². The van der Waals surface area contributed by atoms with E-state index in [1.165, 1.54) is 6.07 Å². The molecule has 0 fully saturated rings. The first kappa shape index (κ1) is 13.9. The Labute approximate surface area is 117 Å². The number of nitro groups is 1. The van der Waals surface area contributed by atoms with Crippen molar-refractivity contribution in [3.05, 3.63) is 63.7 Å². The van der Waals surface area contributed by atoms with Crippen LogP contribution in [0.4, 0.5) is 11.4 Å². The fraction of sp³-hybridized carbons (Fsp3) is 0.200. The van der Waals surface area contributed by atoms with Crippen molar-refractivity contribution in [2.75, 3.05) is 11.9 Å². The normalized spacial score (nSPS) is 10.2.